The summed E-state index contributed by atoms with van der Waals surface area (Å²) in [4.78, 5) is 14.9. The van der Waals surface area contributed by atoms with Gasteiger partial charge in [0.1, 0.15) is 11.5 Å². The third kappa shape index (κ3) is 3.96. The van der Waals surface area contributed by atoms with Crippen molar-refractivity contribution in [1.82, 2.24) is 15.5 Å². The van der Waals surface area contributed by atoms with E-state index in [2.05, 4.69) is 22.5 Å². The Labute approximate surface area is 138 Å². The Balaban J connectivity index is 1.47. The van der Waals surface area contributed by atoms with Crippen LogP contribution in [0.25, 0.3) is 0 Å². The van der Waals surface area contributed by atoms with E-state index < -0.39 is 0 Å². The van der Waals surface area contributed by atoms with E-state index in [1.54, 1.807) is 0 Å². The van der Waals surface area contributed by atoms with E-state index in [1.807, 2.05) is 19.9 Å². The quantitative estimate of drug-likeness (QED) is 0.892. The van der Waals surface area contributed by atoms with Crippen LogP contribution in [0.4, 0.5) is 0 Å². The lowest BCUT2D eigenvalue weighted by Crippen LogP contribution is -2.47. The van der Waals surface area contributed by atoms with Crippen LogP contribution in [0, 0.1) is 19.3 Å². The molecule has 5 heteroatoms. The second kappa shape index (κ2) is 6.65. The Kier molecular flexibility index (Phi) is 4.78. The number of amides is 1. The van der Waals surface area contributed by atoms with Crippen molar-refractivity contribution >= 4 is 5.91 Å². The zero-order valence-electron chi connectivity index (χ0n) is 14.6. The minimum absolute atomic E-state index is 0.00440. The van der Waals surface area contributed by atoms with Gasteiger partial charge in [-0.05, 0) is 51.1 Å². The summed E-state index contributed by atoms with van der Waals surface area (Å²) in [6.45, 7) is 11.7. The highest BCUT2D eigenvalue weighted by atomic mass is 16.3. The van der Waals surface area contributed by atoms with E-state index in [4.69, 9.17) is 4.42 Å². The van der Waals surface area contributed by atoms with Crippen LogP contribution in [0.3, 0.4) is 0 Å². The number of aryl methyl sites for hydroxylation is 2. The number of hydrogen-bond acceptors (Lipinski definition) is 4. The van der Waals surface area contributed by atoms with Gasteiger partial charge in [0.15, 0.2) is 0 Å². The highest BCUT2D eigenvalue weighted by Crippen LogP contribution is 2.27. The maximum absolute atomic E-state index is 12.4. The molecule has 1 atom stereocenters. The summed E-state index contributed by atoms with van der Waals surface area (Å²) in [7, 11) is 0. The van der Waals surface area contributed by atoms with Gasteiger partial charge in [0.25, 0.3) is 5.91 Å². The first-order valence-electron chi connectivity index (χ1n) is 8.76. The molecule has 2 aliphatic heterocycles. The molecule has 0 aromatic carbocycles. The summed E-state index contributed by atoms with van der Waals surface area (Å²) >= 11 is 0. The average Bonchev–Trinajstić information content (AvgIpc) is 3.07. The van der Waals surface area contributed by atoms with Gasteiger partial charge in [0, 0.05) is 32.2 Å². The highest BCUT2D eigenvalue weighted by molar-refractivity contribution is 5.95. The number of piperidine rings is 1. The van der Waals surface area contributed by atoms with Crippen molar-refractivity contribution < 1.29 is 9.21 Å². The van der Waals surface area contributed by atoms with Gasteiger partial charge in [-0.2, -0.15) is 0 Å². The van der Waals surface area contributed by atoms with E-state index in [1.165, 1.54) is 13.0 Å². The summed E-state index contributed by atoms with van der Waals surface area (Å²) in [5.41, 5.74) is 1.09. The molecule has 1 aromatic heterocycles. The van der Waals surface area contributed by atoms with Crippen molar-refractivity contribution in [2.75, 3.05) is 32.7 Å². The third-order valence-electron chi connectivity index (χ3n) is 5.27. The van der Waals surface area contributed by atoms with Gasteiger partial charge in [0.05, 0.1) is 5.56 Å². The van der Waals surface area contributed by atoms with E-state index in [-0.39, 0.29) is 11.9 Å². The Hall–Kier alpha value is -1.33. The molecule has 23 heavy (non-hydrogen) atoms. The summed E-state index contributed by atoms with van der Waals surface area (Å²) in [6, 6.07) is 2.11. The summed E-state index contributed by atoms with van der Waals surface area (Å²) in [5.74, 6) is 1.50. The lowest BCUT2D eigenvalue weighted by atomic mass is 9.88. The lowest BCUT2D eigenvalue weighted by molar-refractivity contribution is 0.0890. The van der Waals surface area contributed by atoms with Gasteiger partial charge >= 0.3 is 0 Å². The largest absolute Gasteiger partial charge is 0.466 e. The number of carbonyl (C=O) groups excluding carboxylic acids is 1. The first-order valence-corrected chi connectivity index (χ1v) is 8.76. The van der Waals surface area contributed by atoms with Crippen molar-refractivity contribution in [2.24, 2.45) is 5.41 Å². The van der Waals surface area contributed by atoms with E-state index in [9.17, 15) is 4.79 Å². The first-order chi connectivity index (χ1) is 11.0. The predicted octanol–water partition coefficient (Wildman–Crippen LogP) is 2.09. The molecule has 0 saturated carbocycles. The maximum Gasteiger partial charge on any atom is 0.255 e. The van der Waals surface area contributed by atoms with Crippen LogP contribution in [0.1, 0.15) is 48.1 Å². The highest BCUT2D eigenvalue weighted by Gasteiger charge is 2.32. The monoisotopic (exact) mass is 319 g/mol. The molecular weight excluding hydrogens is 290 g/mol. The van der Waals surface area contributed by atoms with Gasteiger partial charge in [0.2, 0.25) is 0 Å². The molecule has 2 aliphatic rings. The molecule has 2 N–H and O–H groups in total. The van der Waals surface area contributed by atoms with E-state index >= 15 is 0 Å². The minimum Gasteiger partial charge on any atom is -0.466 e. The fourth-order valence-electron chi connectivity index (χ4n) is 3.90. The minimum atomic E-state index is 0.00440. The molecule has 5 nitrogen and oxygen atoms in total. The van der Waals surface area contributed by atoms with Gasteiger partial charge < -0.3 is 20.0 Å². The summed E-state index contributed by atoms with van der Waals surface area (Å²) in [5, 5.41) is 6.65. The predicted molar refractivity (Wildman–Crippen MR) is 90.7 cm³/mol. The molecule has 0 bridgehead atoms. The molecule has 0 radical (unpaired) electrons. The summed E-state index contributed by atoms with van der Waals surface area (Å²) in [6.07, 6.45) is 3.33. The van der Waals surface area contributed by atoms with Crippen molar-refractivity contribution in [3.63, 3.8) is 0 Å². The van der Waals surface area contributed by atoms with Crippen LogP contribution in [-0.2, 0) is 0 Å². The third-order valence-corrected chi connectivity index (χ3v) is 5.27. The van der Waals surface area contributed by atoms with Crippen LogP contribution in [-0.4, -0.2) is 49.6 Å². The molecule has 1 amide bonds. The van der Waals surface area contributed by atoms with Crippen molar-refractivity contribution in [2.45, 2.75) is 46.1 Å². The van der Waals surface area contributed by atoms with E-state index in [0.29, 0.717) is 16.7 Å². The van der Waals surface area contributed by atoms with Crippen LogP contribution in [0.15, 0.2) is 10.5 Å². The number of nitrogens with zero attached hydrogens (tertiary/aromatic N) is 1. The van der Waals surface area contributed by atoms with Crippen LogP contribution in [0.2, 0.25) is 0 Å². The number of likely N-dealkylation sites (tertiary alicyclic amines) is 1. The molecule has 0 spiro atoms. The molecule has 2 fully saturated rings. The Morgan fingerprint density at radius 2 is 2.17 bits per heavy atom. The molecular formula is C18H29N3O2. The van der Waals surface area contributed by atoms with Crippen LogP contribution in [0.5, 0.6) is 0 Å². The standard InChI is InChI=1S/C18H29N3O2/c1-13-10-16(14(2)23-13)17(22)20-15-4-8-21(9-5-15)12-18(3)6-7-19-11-18/h10,15,19H,4-9,11-12H2,1-3H3,(H,20,22). The molecule has 2 saturated heterocycles. The van der Waals surface area contributed by atoms with Crippen LogP contribution >= 0.6 is 0 Å². The molecule has 0 aliphatic carbocycles. The Morgan fingerprint density at radius 3 is 2.74 bits per heavy atom. The maximum atomic E-state index is 12.4. The molecule has 1 aromatic rings. The van der Waals surface area contributed by atoms with Gasteiger partial charge in [-0.1, -0.05) is 6.92 Å². The number of carbonyl (C=O) groups is 1. The molecule has 1 unspecified atom stereocenters. The SMILES string of the molecule is Cc1cc(C(=O)NC2CCN(CC3(C)CCNC3)CC2)c(C)o1. The lowest BCUT2D eigenvalue weighted by Gasteiger charge is -2.37. The Morgan fingerprint density at radius 1 is 1.43 bits per heavy atom. The second-order valence-electron chi connectivity index (χ2n) is 7.59. The van der Waals surface area contributed by atoms with Crippen molar-refractivity contribution in [3.05, 3.63) is 23.2 Å². The number of hydrogen-bond donors (Lipinski definition) is 2. The van der Waals surface area contributed by atoms with Gasteiger partial charge in [-0.15, -0.1) is 0 Å². The topological polar surface area (TPSA) is 57.5 Å². The number of furan rings is 1. The average molecular weight is 319 g/mol. The van der Waals surface area contributed by atoms with Gasteiger partial charge in [-0.25, -0.2) is 0 Å². The normalized spacial score (nSPS) is 26.6. The molecule has 3 rings (SSSR count). The fourth-order valence-corrected chi connectivity index (χ4v) is 3.90. The van der Waals surface area contributed by atoms with Crippen LogP contribution < -0.4 is 10.6 Å². The first kappa shape index (κ1) is 16.5. The Bertz CT molecular complexity index is 553. The van der Waals surface area contributed by atoms with Crippen molar-refractivity contribution in [1.29, 1.82) is 0 Å². The zero-order valence-corrected chi connectivity index (χ0v) is 14.6. The zero-order chi connectivity index (χ0) is 16.4. The van der Waals surface area contributed by atoms with E-state index in [0.717, 1.165) is 44.8 Å². The second-order valence-corrected chi connectivity index (χ2v) is 7.59. The molecule has 128 valence electrons. The smallest absolute Gasteiger partial charge is 0.255 e. The number of rotatable bonds is 4. The summed E-state index contributed by atoms with van der Waals surface area (Å²) < 4.78 is 5.45. The number of nitrogens with one attached hydrogen (secondary N) is 2. The fraction of sp³-hybridized carbons (Fsp3) is 0.722. The molecule has 3 heterocycles. The van der Waals surface area contributed by atoms with Crippen molar-refractivity contribution in [3.8, 4) is 0 Å². The van der Waals surface area contributed by atoms with Gasteiger partial charge in [-0.3, -0.25) is 4.79 Å².